The van der Waals surface area contributed by atoms with Gasteiger partial charge in [0.1, 0.15) is 0 Å². The molecule has 0 aromatic carbocycles. The average Bonchev–Trinajstić information content (AvgIpc) is 2.34. The molecular formula is C13H27BrN4O2. The SMILES string of the molecule is CNN(CC(C)C)C(=O)CN(CC(C)C)NC(=O)CBr. The molecule has 0 rings (SSSR count). The fraction of sp³-hybridized carbons (Fsp3) is 0.846. The maximum atomic E-state index is 12.2. The Kier molecular flexibility index (Phi) is 9.79. The van der Waals surface area contributed by atoms with Gasteiger partial charge in [0.2, 0.25) is 5.91 Å². The van der Waals surface area contributed by atoms with E-state index in [4.69, 9.17) is 0 Å². The van der Waals surface area contributed by atoms with Gasteiger partial charge in [-0.25, -0.2) is 10.4 Å². The summed E-state index contributed by atoms with van der Waals surface area (Å²) in [5, 5.41) is 3.47. The lowest BCUT2D eigenvalue weighted by Crippen LogP contribution is -2.53. The Morgan fingerprint density at radius 3 is 2.05 bits per heavy atom. The van der Waals surface area contributed by atoms with Crippen LogP contribution in [0.2, 0.25) is 0 Å². The highest BCUT2D eigenvalue weighted by Gasteiger charge is 2.19. The maximum absolute atomic E-state index is 12.2. The minimum absolute atomic E-state index is 0.0586. The van der Waals surface area contributed by atoms with Gasteiger partial charge in [-0.1, -0.05) is 43.6 Å². The van der Waals surface area contributed by atoms with Crippen molar-refractivity contribution in [2.45, 2.75) is 27.7 Å². The lowest BCUT2D eigenvalue weighted by atomic mass is 10.2. The standard InChI is InChI=1S/C13H27BrN4O2/c1-10(2)7-17(16-12(19)6-14)9-13(20)18(15-5)8-11(3)4/h10-11,15H,6-9H2,1-5H3,(H,16,19). The summed E-state index contributed by atoms with van der Waals surface area (Å²) in [7, 11) is 1.73. The molecule has 2 amide bonds. The highest BCUT2D eigenvalue weighted by Crippen LogP contribution is 2.00. The van der Waals surface area contributed by atoms with E-state index in [1.165, 1.54) is 0 Å². The first-order valence-corrected chi connectivity index (χ1v) is 8.00. The molecule has 6 nitrogen and oxygen atoms in total. The van der Waals surface area contributed by atoms with Crippen LogP contribution >= 0.6 is 15.9 Å². The Bertz CT molecular complexity index is 311. The summed E-state index contributed by atoms with van der Waals surface area (Å²) in [6, 6.07) is 0. The molecule has 0 unspecified atom stereocenters. The van der Waals surface area contributed by atoms with Gasteiger partial charge in [0.15, 0.2) is 0 Å². The van der Waals surface area contributed by atoms with Gasteiger partial charge < -0.3 is 0 Å². The first-order chi connectivity index (χ1) is 9.29. The van der Waals surface area contributed by atoms with Gasteiger partial charge in [-0.3, -0.25) is 20.0 Å². The Labute approximate surface area is 130 Å². The molecule has 0 aliphatic heterocycles. The third-order valence-corrected chi connectivity index (χ3v) is 2.94. The van der Waals surface area contributed by atoms with Crippen molar-refractivity contribution >= 4 is 27.7 Å². The molecule has 0 aliphatic carbocycles. The highest BCUT2D eigenvalue weighted by atomic mass is 79.9. The molecule has 0 saturated heterocycles. The molecule has 20 heavy (non-hydrogen) atoms. The number of alkyl halides is 1. The van der Waals surface area contributed by atoms with Crippen LogP contribution in [0.25, 0.3) is 0 Å². The Balaban J connectivity index is 4.60. The predicted molar refractivity (Wildman–Crippen MR) is 84.0 cm³/mol. The van der Waals surface area contributed by atoms with Crippen LogP contribution in [0.4, 0.5) is 0 Å². The van der Waals surface area contributed by atoms with E-state index in [9.17, 15) is 9.59 Å². The first-order valence-electron chi connectivity index (χ1n) is 6.88. The number of hydrazine groups is 2. The zero-order valence-corrected chi connectivity index (χ0v) is 14.7. The largest absolute Gasteiger partial charge is 0.288 e. The smallest absolute Gasteiger partial charge is 0.252 e. The topological polar surface area (TPSA) is 64.7 Å². The van der Waals surface area contributed by atoms with Crippen molar-refractivity contribution < 1.29 is 9.59 Å². The number of nitrogens with zero attached hydrogens (tertiary/aromatic N) is 2. The molecule has 2 N–H and O–H groups in total. The van der Waals surface area contributed by atoms with E-state index in [1.54, 1.807) is 17.1 Å². The molecule has 0 aliphatic rings. The van der Waals surface area contributed by atoms with E-state index in [2.05, 4.69) is 40.6 Å². The van der Waals surface area contributed by atoms with E-state index in [1.807, 2.05) is 13.8 Å². The van der Waals surface area contributed by atoms with Crippen molar-refractivity contribution in [2.75, 3.05) is 32.0 Å². The monoisotopic (exact) mass is 350 g/mol. The fourth-order valence-electron chi connectivity index (χ4n) is 1.73. The predicted octanol–water partition coefficient (Wildman–Crippen LogP) is 0.990. The van der Waals surface area contributed by atoms with E-state index < -0.39 is 0 Å². The van der Waals surface area contributed by atoms with Gasteiger partial charge in [-0.05, 0) is 11.8 Å². The first kappa shape index (κ1) is 19.3. The number of carbonyl (C=O) groups is 2. The molecule has 0 spiro atoms. The van der Waals surface area contributed by atoms with Crippen LogP contribution in [0.5, 0.6) is 0 Å². The quantitative estimate of drug-likeness (QED) is 0.480. The molecule has 7 heteroatoms. The van der Waals surface area contributed by atoms with Crippen LogP contribution in [0.1, 0.15) is 27.7 Å². The van der Waals surface area contributed by atoms with E-state index >= 15 is 0 Å². The second-order valence-electron chi connectivity index (χ2n) is 5.56. The van der Waals surface area contributed by atoms with Crippen LogP contribution < -0.4 is 10.9 Å². The second-order valence-corrected chi connectivity index (χ2v) is 6.13. The average molecular weight is 351 g/mol. The molecule has 118 valence electrons. The van der Waals surface area contributed by atoms with Crippen molar-refractivity contribution in [1.82, 2.24) is 20.9 Å². The van der Waals surface area contributed by atoms with Crippen LogP contribution in [0.3, 0.4) is 0 Å². The van der Waals surface area contributed by atoms with Gasteiger partial charge in [0, 0.05) is 20.1 Å². The van der Waals surface area contributed by atoms with E-state index in [0.717, 1.165) is 0 Å². The summed E-state index contributed by atoms with van der Waals surface area (Å²) >= 11 is 3.10. The Morgan fingerprint density at radius 1 is 1.10 bits per heavy atom. The Hall–Kier alpha value is -0.660. The van der Waals surface area contributed by atoms with Crippen LogP contribution in [-0.2, 0) is 9.59 Å². The summed E-state index contributed by atoms with van der Waals surface area (Å²) < 4.78 is 0. The van der Waals surface area contributed by atoms with Gasteiger partial charge in [0.25, 0.3) is 5.91 Å². The molecule has 0 heterocycles. The third-order valence-electron chi connectivity index (χ3n) is 2.43. The molecule has 0 saturated carbocycles. The zero-order valence-electron chi connectivity index (χ0n) is 13.1. The van der Waals surface area contributed by atoms with Crippen molar-refractivity contribution in [3.63, 3.8) is 0 Å². The molecular weight excluding hydrogens is 324 g/mol. The summed E-state index contributed by atoms with van der Waals surface area (Å²) in [4.78, 5) is 23.7. The Morgan fingerprint density at radius 2 is 1.65 bits per heavy atom. The molecule has 0 bridgehead atoms. The van der Waals surface area contributed by atoms with Gasteiger partial charge in [0.05, 0.1) is 11.9 Å². The lowest BCUT2D eigenvalue weighted by Gasteiger charge is -2.28. The summed E-state index contributed by atoms with van der Waals surface area (Å²) in [6.07, 6.45) is 0. The normalized spacial score (nSPS) is 11.2. The highest BCUT2D eigenvalue weighted by molar-refractivity contribution is 9.09. The molecule has 0 radical (unpaired) electrons. The third kappa shape index (κ3) is 8.50. The van der Waals surface area contributed by atoms with Gasteiger partial charge >= 0.3 is 0 Å². The number of hydrogen-bond acceptors (Lipinski definition) is 4. The zero-order chi connectivity index (χ0) is 15.7. The van der Waals surface area contributed by atoms with E-state index in [-0.39, 0.29) is 23.7 Å². The van der Waals surface area contributed by atoms with Crippen molar-refractivity contribution in [2.24, 2.45) is 11.8 Å². The van der Waals surface area contributed by atoms with E-state index in [0.29, 0.717) is 24.9 Å². The number of rotatable bonds is 9. The molecule has 0 aromatic rings. The number of halogens is 1. The fourth-order valence-corrected chi connectivity index (χ4v) is 1.85. The lowest BCUT2D eigenvalue weighted by molar-refractivity contribution is -0.138. The van der Waals surface area contributed by atoms with Gasteiger partial charge in [-0.15, -0.1) is 0 Å². The number of nitrogens with one attached hydrogen (secondary N) is 2. The molecule has 0 atom stereocenters. The van der Waals surface area contributed by atoms with Crippen LogP contribution in [0.15, 0.2) is 0 Å². The number of carbonyl (C=O) groups excluding carboxylic acids is 2. The number of amides is 2. The maximum Gasteiger partial charge on any atom is 0.252 e. The number of hydrogen-bond donors (Lipinski definition) is 2. The summed E-state index contributed by atoms with van der Waals surface area (Å²) in [5.41, 5.74) is 5.63. The van der Waals surface area contributed by atoms with Crippen molar-refractivity contribution in [1.29, 1.82) is 0 Å². The van der Waals surface area contributed by atoms with Crippen molar-refractivity contribution in [3.8, 4) is 0 Å². The van der Waals surface area contributed by atoms with Crippen molar-refractivity contribution in [3.05, 3.63) is 0 Å². The van der Waals surface area contributed by atoms with Crippen LogP contribution in [-0.4, -0.2) is 53.8 Å². The minimum atomic E-state index is -0.154. The van der Waals surface area contributed by atoms with Gasteiger partial charge in [-0.2, -0.15) is 0 Å². The second kappa shape index (κ2) is 10.1. The molecule has 0 fully saturated rings. The van der Waals surface area contributed by atoms with Crippen LogP contribution in [0, 0.1) is 11.8 Å². The molecule has 0 aromatic heterocycles. The summed E-state index contributed by atoms with van der Waals surface area (Å²) in [6.45, 7) is 9.61. The minimum Gasteiger partial charge on any atom is -0.288 e. The summed E-state index contributed by atoms with van der Waals surface area (Å²) in [5.74, 6) is 0.517.